The van der Waals surface area contributed by atoms with Crippen LogP contribution in [0.15, 0.2) is 54.6 Å². The molecule has 3 aromatic rings. The van der Waals surface area contributed by atoms with E-state index in [2.05, 4.69) is 27.8 Å². The monoisotopic (exact) mass is 252 g/mol. The number of ether oxygens (including phenoxy) is 1. The van der Waals surface area contributed by atoms with E-state index in [1.165, 1.54) is 5.56 Å². The van der Waals surface area contributed by atoms with Crippen LogP contribution in [0.4, 0.5) is 0 Å². The van der Waals surface area contributed by atoms with Gasteiger partial charge in [-0.2, -0.15) is 0 Å². The summed E-state index contributed by atoms with van der Waals surface area (Å²) >= 11 is 0. The van der Waals surface area contributed by atoms with Crippen molar-refractivity contribution in [2.24, 2.45) is 0 Å². The second-order valence-electron chi connectivity index (χ2n) is 4.54. The Bertz CT molecular complexity index is 674. The molecule has 0 unspecified atom stereocenters. The van der Waals surface area contributed by atoms with Gasteiger partial charge >= 0.3 is 0 Å². The highest BCUT2D eigenvalue weighted by Gasteiger charge is 2.05. The molecule has 3 rings (SSSR count). The van der Waals surface area contributed by atoms with E-state index in [1.807, 2.05) is 43.3 Å². The second-order valence-corrected chi connectivity index (χ2v) is 4.54. The molecule has 0 saturated carbocycles. The van der Waals surface area contributed by atoms with Crippen LogP contribution in [0.2, 0.25) is 0 Å². The Morgan fingerprint density at radius 3 is 2.58 bits per heavy atom. The van der Waals surface area contributed by atoms with Crippen LogP contribution >= 0.6 is 0 Å². The van der Waals surface area contributed by atoms with E-state index in [-0.39, 0.29) is 0 Å². The lowest BCUT2D eigenvalue weighted by Gasteiger charge is -2.08. The molecule has 0 amide bonds. The molecule has 96 valence electrons. The predicted octanol–water partition coefficient (Wildman–Crippen LogP) is 3.52. The molecule has 2 aromatic carbocycles. The number of hydrogen-bond donors (Lipinski definition) is 0. The van der Waals surface area contributed by atoms with Crippen molar-refractivity contribution in [3.63, 3.8) is 0 Å². The number of fused-ring (bicyclic) bond motifs is 1. The number of imidazole rings is 1. The Balaban J connectivity index is 1.73. The lowest BCUT2D eigenvalue weighted by Crippen LogP contribution is -2.04. The van der Waals surface area contributed by atoms with E-state index in [0.29, 0.717) is 13.3 Å². The van der Waals surface area contributed by atoms with Gasteiger partial charge in [-0.05, 0) is 24.6 Å². The van der Waals surface area contributed by atoms with Crippen LogP contribution in [0.25, 0.3) is 11.0 Å². The van der Waals surface area contributed by atoms with Gasteiger partial charge in [0, 0.05) is 0 Å². The van der Waals surface area contributed by atoms with Crippen molar-refractivity contribution in [1.29, 1.82) is 0 Å². The average Bonchev–Trinajstić information content (AvgIpc) is 2.76. The Morgan fingerprint density at radius 2 is 1.74 bits per heavy atom. The number of hydrogen-bond acceptors (Lipinski definition) is 2. The lowest BCUT2D eigenvalue weighted by atomic mass is 10.2. The third kappa shape index (κ3) is 2.51. The maximum Gasteiger partial charge on any atom is 0.125 e. The van der Waals surface area contributed by atoms with Crippen LogP contribution in [-0.4, -0.2) is 9.55 Å². The largest absolute Gasteiger partial charge is 0.356 e. The molecule has 0 saturated heterocycles. The zero-order chi connectivity index (χ0) is 13.1. The molecular formula is C16H16N2O. The summed E-state index contributed by atoms with van der Waals surface area (Å²) in [6, 6.07) is 18.3. The third-order valence-corrected chi connectivity index (χ3v) is 3.18. The van der Waals surface area contributed by atoms with Gasteiger partial charge in [-0.25, -0.2) is 4.98 Å². The van der Waals surface area contributed by atoms with Gasteiger partial charge in [0.2, 0.25) is 0 Å². The summed E-state index contributed by atoms with van der Waals surface area (Å²) in [4.78, 5) is 4.52. The molecule has 3 nitrogen and oxygen atoms in total. The SMILES string of the molecule is Cc1nc2ccccc2n1COCc1ccccc1. The molecular weight excluding hydrogens is 236 g/mol. The lowest BCUT2D eigenvalue weighted by molar-refractivity contribution is 0.0652. The number of para-hydroxylation sites is 2. The standard InChI is InChI=1S/C16H16N2O/c1-13-17-15-9-5-6-10-16(15)18(13)12-19-11-14-7-3-2-4-8-14/h2-10H,11-12H2,1H3. The molecule has 3 heteroatoms. The van der Waals surface area contributed by atoms with Crippen LogP contribution < -0.4 is 0 Å². The van der Waals surface area contributed by atoms with Crippen molar-refractivity contribution in [3.05, 3.63) is 66.0 Å². The van der Waals surface area contributed by atoms with E-state index in [4.69, 9.17) is 4.74 Å². The molecule has 0 spiro atoms. The zero-order valence-corrected chi connectivity index (χ0v) is 10.9. The minimum Gasteiger partial charge on any atom is -0.356 e. The highest BCUT2D eigenvalue weighted by molar-refractivity contribution is 5.75. The van der Waals surface area contributed by atoms with Crippen molar-refractivity contribution in [1.82, 2.24) is 9.55 Å². The minimum absolute atomic E-state index is 0.529. The normalized spacial score (nSPS) is 11.0. The molecule has 1 aromatic heterocycles. The summed E-state index contributed by atoms with van der Waals surface area (Å²) in [6.07, 6.45) is 0. The van der Waals surface area contributed by atoms with E-state index in [0.717, 1.165) is 16.9 Å². The van der Waals surface area contributed by atoms with Gasteiger partial charge in [-0.1, -0.05) is 42.5 Å². The van der Waals surface area contributed by atoms with Crippen molar-refractivity contribution in [2.45, 2.75) is 20.3 Å². The molecule has 0 N–H and O–H groups in total. The van der Waals surface area contributed by atoms with Crippen LogP contribution in [0, 0.1) is 6.92 Å². The van der Waals surface area contributed by atoms with Gasteiger partial charge in [0.15, 0.2) is 0 Å². The molecule has 0 aliphatic carbocycles. The van der Waals surface area contributed by atoms with Crippen molar-refractivity contribution in [2.75, 3.05) is 0 Å². The van der Waals surface area contributed by atoms with Crippen molar-refractivity contribution >= 4 is 11.0 Å². The summed E-state index contributed by atoms with van der Waals surface area (Å²) < 4.78 is 7.87. The fourth-order valence-electron chi connectivity index (χ4n) is 2.19. The average molecular weight is 252 g/mol. The first-order chi connectivity index (χ1) is 9.34. The highest BCUT2D eigenvalue weighted by Crippen LogP contribution is 2.15. The first kappa shape index (κ1) is 11.9. The Morgan fingerprint density at radius 1 is 1.00 bits per heavy atom. The summed E-state index contributed by atoms with van der Waals surface area (Å²) in [5, 5.41) is 0. The van der Waals surface area contributed by atoms with Gasteiger partial charge in [0.1, 0.15) is 12.6 Å². The van der Waals surface area contributed by atoms with Gasteiger partial charge in [0.05, 0.1) is 17.6 Å². The van der Waals surface area contributed by atoms with E-state index < -0.39 is 0 Å². The van der Waals surface area contributed by atoms with Crippen LogP contribution in [0.5, 0.6) is 0 Å². The fraction of sp³-hybridized carbons (Fsp3) is 0.188. The Hall–Kier alpha value is -2.13. The third-order valence-electron chi connectivity index (χ3n) is 3.18. The molecule has 1 heterocycles. The summed E-state index contributed by atoms with van der Waals surface area (Å²) in [7, 11) is 0. The number of aryl methyl sites for hydroxylation is 1. The Kier molecular flexibility index (Phi) is 3.29. The predicted molar refractivity (Wildman–Crippen MR) is 75.7 cm³/mol. The van der Waals surface area contributed by atoms with Gasteiger partial charge < -0.3 is 9.30 Å². The summed E-state index contributed by atoms with van der Waals surface area (Å²) in [5.74, 6) is 0.981. The molecule has 0 atom stereocenters. The van der Waals surface area contributed by atoms with Crippen molar-refractivity contribution < 1.29 is 4.74 Å². The molecule has 0 aliphatic rings. The van der Waals surface area contributed by atoms with E-state index >= 15 is 0 Å². The van der Waals surface area contributed by atoms with Crippen LogP contribution in [0.1, 0.15) is 11.4 Å². The maximum absolute atomic E-state index is 5.78. The quantitative estimate of drug-likeness (QED) is 0.710. The van der Waals surface area contributed by atoms with E-state index in [9.17, 15) is 0 Å². The molecule has 0 bridgehead atoms. The van der Waals surface area contributed by atoms with Gasteiger partial charge in [0.25, 0.3) is 0 Å². The number of benzene rings is 2. The van der Waals surface area contributed by atoms with Gasteiger partial charge in [-0.15, -0.1) is 0 Å². The topological polar surface area (TPSA) is 27.1 Å². The Labute approximate surface area is 112 Å². The first-order valence-electron chi connectivity index (χ1n) is 6.38. The van der Waals surface area contributed by atoms with Crippen LogP contribution in [0.3, 0.4) is 0 Å². The van der Waals surface area contributed by atoms with Gasteiger partial charge in [-0.3, -0.25) is 0 Å². The summed E-state index contributed by atoms with van der Waals surface area (Å²) in [6.45, 7) is 3.15. The molecule has 0 radical (unpaired) electrons. The number of nitrogens with zero attached hydrogens (tertiary/aromatic N) is 2. The number of aromatic nitrogens is 2. The zero-order valence-electron chi connectivity index (χ0n) is 10.9. The van der Waals surface area contributed by atoms with Crippen molar-refractivity contribution in [3.8, 4) is 0 Å². The molecule has 19 heavy (non-hydrogen) atoms. The number of rotatable bonds is 4. The molecule has 0 fully saturated rings. The van der Waals surface area contributed by atoms with Crippen LogP contribution in [-0.2, 0) is 18.1 Å². The van der Waals surface area contributed by atoms with E-state index in [1.54, 1.807) is 0 Å². The second kappa shape index (κ2) is 5.24. The highest BCUT2D eigenvalue weighted by atomic mass is 16.5. The fourth-order valence-corrected chi connectivity index (χ4v) is 2.19. The molecule has 0 aliphatic heterocycles. The first-order valence-corrected chi connectivity index (χ1v) is 6.38. The summed E-state index contributed by atoms with van der Waals surface area (Å²) in [5.41, 5.74) is 3.32. The smallest absolute Gasteiger partial charge is 0.125 e. The maximum atomic E-state index is 5.78. The minimum atomic E-state index is 0.529.